The van der Waals surface area contributed by atoms with E-state index in [1.165, 1.54) is 16.7 Å². The molecular formula is C13H16N2O. The Morgan fingerprint density at radius 1 is 1.06 bits per heavy atom. The number of aryl methyl sites for hydroxylation is 3. The van der Waals surface area contributed by atoms with Crippen molar-refractivity contribution in [1.82, 2.24) is 9.13 Å². The molecule has 0 aliphatic heterocycles. The van der Waals surface area contributed by atoms with E-state index in [4.69, 9.17) is 0 Å². The third kappa shape index (κ3) is 2.08. The molecule has 84 valence electrons. The number of imidazole rings is 1. The Labute approximate surface area is 95.0 Å². The summed E-state index contributed by atoms with van der Waals surface area (Å²) in [4.78, 5) is 11.7. The molecule has 0 bridgehead atoms. The molecule has 0 amide bonds. The molecule has 0 fully saturated rings. The van der Waals surface area contributed by atoms with Crippen molar-refractivity contribution < 1.29 is 0 Å². The fourth-order valence-electron chi connectivity index (χ4n) is 1.99. The van der Waals surface area contributed by atoms with Gasteiger partial charge >= 0.3 is 5.69 Å². The lowest BCUT2D eigenvalue weighted by Gasteiger charge is -2.05. The minimum atomic E-state index is 0.0270. The van der Waals surface area contributed by atoms with E-state index >= 15 is 0 Å². The van der Waals surface area contributed by atoms with Crippen molar-refractivity contribution in [2.75, 3.05) is 0 Å². The van der Waals surface area contributed by atoms with Crippen LogP contribution in [0.15, 0.2) is 35.4 Å². The molecule has 0 aliphatic carbocycles. The number of benzene rings is 1. The molecule has 0 N–H and O–H groups in total. The molecule has 0 saturated heterocycles. The maximum absolute atomic E-state index is 11.7. The van der Waals surface area contributed by atoms with E-state index in [-0.39, 0.29) is 5.69 Å². The van der Waals surface area contributed by atoms with E-state index in [9.17, 15) is 4.79 Å². The van der Waals surface area contributed by atoms with Gasteiger partial charge in [-0.15, -0.1) is 0 Å². The molecule has 0 spiro atoms. The molecule has 0 aliphatic rings. The highest BCUT2D eigenvalue weighted by molar-refractivity contribution is 5.28. The lowest BCUT2D eigenvalue weighted by molar-refractivity contribution is 0.717. The van der Waals surface area contributed by atoms with Gasteiger partial charge in [-0.05, 0) is 19.4 Å². The van der Waals surface area contributed by atoms with Crippen LogP contribution in [0.4, 0.5) is 0 Å². The maximum atomic E-state index is 11.7. The van der Waals surface area contributed by atoms with Crippen molar-refractivity contribution in [3.05, 3.63) is 57.8 Å². The van der Waals surface area contributed by atoms with Gasteiger partial charge in [-0.25, -0.2) is 4.79 Å². The van der Waals surface area contributed by atoms with Gasteiger partial charge in [0.25, 0.3) is 0 Å². The Bertz CT molecular complexity index is 543. The molecule has 1 aromatic carbocycles. The predicted octanol–water partition coefficient (Wildman–Crippen LogP) is 1.85. The Morgan fingerprint density at radius 2 is 1.69 bits per heavy atom. The van der Waals surface area contributed by atoms with Gasteiger partial charge in [-0.2, -0.15) is 0 Å². The van der Waals surface area contributed by atoms with Gasteiger partial charge in [0.1, 0.15) is 0 Å². The molecule has 1 heterocycles. The normalized spacial score (nSPS) is 10.7. The van der Waals surface area contributed by atoms with Crippen molar-refractivity contribution in [3.63, 3.8) is 0 Å². The fourth-order valence-corrected chi connectivity index (χ4v) is 1.99. The van der Waals surface area contributed by atoms with Crippen molar-refractivity contribution in [2.24, 2.45) is 7.05 Å². The second-order valence-electron chi connectivity index (χ2n) is 4.32. The minimum absolute atomic E-state index is 0.0270. The number of hydrogen-bond donors (Lipinski definition) is 0. The van der Waals surface area contributed by atoms with Gasteiger partial charge in [0.15, 0.2) is 0 Å². The first-order chi connectivity index (χ1) is 7.56. The van der Waals surface area contributed by atoms with Crippen LogP contribution in [0.1, 0.15) is 16.7 Å². The van der Waals surface area contributed by atoms with Crippen LogP contribution < -0.4 is 5.69 Å². The molecule has 0 atom stereocenters. The lowest BCUT2D eigenvalue weighted by Crippen LogP contribution is -2.22. The van der Waals surface area contributed by atoms with E-state index in [0.717, 1.165) is 0 Å². The summed E-state index contributed by atoms with van der Waals surface area (Å²) < 4.78 is 3.30. The first-order valence-electron chi connectivity index (χ1n) is 5.35. The topological polar surface area (TPSA) is 26.9 Å². The summed E-state index contributed by atoms with van der Waals surface area (Å²) >= 11 is 0. The van der Waals surface area contributed by atoms with Gasteiger partial charge in [-0.3, -0.25) is 4.57 Å². The van der Waals surface area contributed by atoms with Crippen molar-refractivity contribution in [1.29, 1.82) is 0 Å². The van der Waals surface area contributed by atoms with Crippen LogP contribution in [0.3, 0.4) is 0 Å². The summed E-state index contributed by atoms with van der Waals surface area (Å²) in [6.07, 6.45) is 3.60. The molecule has 2 aromatic rings. The van der Waals surface area contributed by atoms with E-state index in [1.54, 1.807) is 22.4 Å². The zero-order chi connectivity index (χ0) is 11.7. The molecule has 2 rings (SSSR count). The van der Waals surface area contributed by atoms with Crippen LogP contribution in [-0.2, 0) is 13.6 Å². The number of nitrogens with zero attached hydrogens (tertiary/aromatic N) is 2. The summed E-state index contributed by atoms with van der Waals surface area (Å²) in [6.45, 7) is 4.79. The average Bonchev–Trinajstić information content (AvgIpc) is 2.48. The van der Waals surface area contributed by atoms with E-state index < -0.39 is 0 Å². The summed E-state index contributed by atoms with van der Waals surface area (Å²) in [6, 6.07) is 6.37. The second-order valence-corrected chi connectivity index (χ2v) is 4.32. The predicted molar refractivity (Wildman–Crippen MR) is 64.7 cm³/mol. The summed E-state index contributed by atoms with van der Waals surface area (Å²) in [5.41, 5.74) is 3.67. The molecule has 0 unspecified atom stereocenters. The Hall–Kier alpha value is -1.77. The van der Waals surface area contributed by atoms with Gasteiger partial charge < -0.3 is 4.57 Å². The standard InChI is InChI=1S/C13H16N2O/c1-10-6-11(2)8-12(7-10)9-15-5-4-14(3)13(15)16/h4-8H,9H2,1-3H3. The van der Waals surface area contributed by atoms with Crippen LogP contribution in [0.2, 0.25) is 0 Å². The van der Waals surface area contributed by atoms with E-state index in [0.29, 0.717) is 6.54 Å². The van der Waals surface area contributed by atoms with E-state index in [2.05, 4.69) is 32.0 Å². The van der Waals surface area contributed by atoms with Gasteiger partial charge in [0, 0.05) is 19.4 Å². The third-order valence-corrected chi connectivity index (χ3v) is 2.65. The van der Waals surface area contributed by atoms with E-state index in [1.807, 2.05) is 6.20 Å². The van der Waals surface area contributed by atoms with Crippen LogP contribution in [0.5, 0.6) is 0 Å². The summed E-state index contributed by atoms with van der Waals surface area (Å²) in [5, 5.41) is 0. The highest BCUT2D eigenvalue weighted by atomic mass is 16.1. The molecule has 16 heavy (non-hydrogen) atoms. The van der Waals surface area contributed by atoms with Crippen LogP contribution in [0.25, 0.3) is 0 Å². The van der Waals surface area contributed by atoms with Crippen molar-refractivity contribution in [3.8, 4) is 0 Å². The highest BCUT2D eigenvalue weighted by Gasteiger charge is 2.01. The van der Waals surface area contributed by atoms with Gasteiger partial charge in [0.05, 0.1) is 6.54 Å². The Kier molecular flexibility index (Phi) is 2.69. The van der Waals surface area contributed by atoms with Gasteiger partial charge in [0.2, 0.25) is 0 Å². The van der Waals surface area contributed by atoms with Crippen molar-refractivity contribution in [2.45, 2.75) is 20.4 Å². The molecule has 3 heteroatoms. The second kappa shape index (κ2) is 4.00. The van der Waals surface area contributed by atoms with Crippen molar-refractivity contribution >= 4 is 0 Å². The average molecular weight is 216 g/mol. The molecule has 3 nitrogen and oxygen atoms in total. The maximum Gasteiger partial charge on any atom is 0.328 e. The highest BCUT2D eigenvalue weighted by Crippen LogP contribution is 2.09. The monoisotopic (exact) mass is 216 g/mol. The van der Waals surface area contributed by atoms with Crippen LogP contribution in [0, 0.1) is 13.8 Å². The first-order valence-corrected chi connectivity index (χ1v) is 5.35. The van der Waals surface area contributed by atoms with Crippen LogP contribution >= 0.6 is 0 Å². The quantitative estimate of drug-likeness (QED) is 0.752. The van der Waals surface area contributed by atoms with Crippen LogP contribution in [-0.4, -0.2) is 9.13 Å². The Morgan fingerprint density at radius 3 is 2.19 bits per heavy atom. The first kappa shape index (κ1) is 10.7. The SMILES string of the molecule is Cc1cc(C)cc(Cn2ccn(C)c2=O)c1. The molecule has 0 saturated carbocycles. The minimum Gasteiger partial charge on any atom is -0.302 e. The molecule has 0 radical (unpaired) electrons. The lowest BCUT2D eigenvalue weighted by atomic mass is 10.1. The zero-order valence-corrected chi connectivity index (χ0v) is 9.90. The Balaban J connectivity index is 2.34. The molecule has 1 aromatic heterocycles. The number of aromatic nitrogens is 2. The smallest absolute Gasteiger partial charge is 0.302 e. The zero-order valence-electron chi connectivity index (χ0n) is 9.90. The van der Waals surface area contributed by atoms with Gasteiger partial charge in [-0.1, -0.05) is 29.3 Å². The number of rotatable bonds is 2. The largest absolute Gasteiger partial charge is 0.328 e. The molecular weight excluding hydrogens is 200 g/mol. The summed E-state index contributed by atoms with van der Waals surface area (Å²) in [5.74, 6) is 0. The fraction of sp³-hybridized carbons (Fsp3) is 0.308. The number of hydrogen-bond acceptors (Lipinski definition) is 1. The summed E-state index contributed by atoms with van der Waals surface area (Å²) in [7, 11) is 1.76. The third-order valence-electron chi connectivity index (χ3n) is 2.65.